The molecule has 0 bridgehead atoms. The molecule has 1 heterocycles. The van der Waals surface area contributed by atoms with Crippen LogP contribution in [0.2, 0.25) is 0 Å². The summed E-state index contributed by atoms with van der Waals surface area (Å²) in [6.45, 7) is 0.394. The topological polar surface area (TPSA) is 35.6 Å². The number of carbonyl (C=O) groups is 1. The molecule has 3 rings (SSSR count). The lowest BCUT2D eigenvalue weighted by Crippen LogP contribution is -2.41. The standard InChI is InChI=1S/C16H17N3O/c1-17-12-7-9-13(10-8-12)19-15-6-4-3-5-14(15)18(2)11-16(19)20/h3-10,17H,11H2,1-2H3. The number of carbonyl (C=O) groups excluding carboxylic acids is 1. The van der Waals surface area contributed by atoms with Gasteiger partial charge in [-0.1, -0.05) is 12.1 Å². The molecule has 1 N–H and O–H groups in total. The van der Waals surface area contributed by atoms with Crippen LogP contribution in [0.3, 0.4) is 0 Å². The summed E-state index contributed by atoms with van der Waals surface area (Å²) in [5.74, 6) is 0.0865. The Balaban J connectivity index is 2.07. The van der Waals surface area contributed by atoms with Gasteiger partial charge in [0.05, 0.1) is 17.9 Å². The van der Waals surface area contributed by atoms with E-state index in [1.165, 1.54) is 0 Å². The van der Waals surface area contributed by atoms with E-state index in [9.17, 15) is 4.79 Å². The lowest BCUT2D eigenvalue weighted by atomic mass is 10.1. The molecule has 1 aliphatic heterocycles. The van der Waals surface area contributed by atoms with Gasteiger partial charge < -0.3 is 10.2 Å². The molecule has 2 aromatic rings. The zero-order valence-electron chi connectivity index (χ0n) is 11.6. The monoisotopic (exact) mass is 267 g/mol. The maximum atomic E-state index is 12.4. The number of hydrogen-bond acceptors (Lipinski definition) is 3. The smallest absolute Gasteiger partial charge is 0.251 e. The van der Waals surface area contributed by atoms with Gasteiger partial charge in [0, 0.05) is 25.5 Å². The third-order valence-corrected chi connectivity index (χ3v) is 3.57. The van der Waals surface area contributed by atoms with Crippen molar-refractivity contribution in [2.75, 3.05) is 35.8 Å². The first-order valence-corrected chi connectivity index (χ1v) is 6.61. The average molecular weight is 267 g/mol. The Labute approximate surface area is 118 Å². The van der Waals surface area contributed by atoms with Crippen LogP contribution in [-0.2, 0) is 4.79 Å². The van der Waals surface area contributed by atoms with Gasteiger partial charge in [0.25, 0.3) is 5.91 Å². The molecule has 0 radical (unpaired) electrons. The molecular formula is C16H17N3O. The van der Waals surface area contributed by atoms with Crippen LogP contribution in [0.25, 0.3) is 0 Å². The molecule has 0 unspecified atom stereocenters. The van der Waals surface area contributed by atoms with Crippen molar-refractivity contribution >= 4 is 28.7 Å². The fourth-order valence-electron chi connectivity index (χ4n) is 2.53. The second-order valence-corrected chi connectivity index (χ2v) is 4.87. The van der Waals surface area contributed by atoms with Crippen molar-refractivity contribution in [3.8, 4) is 0 Å². The third-order valence-electron chi connectivity index (χ3n) is 3.57. The lowest BCUT2D eigenvalue weighted by molar-refractivity contribution is -0.116. The van der Waals surface area contributed by atoms with Crippen molar-refractivity contribution in [2.24, 2.45) is 0 Å². The van der Waals surface area contributed by atoms with Gasteiger partial charge in [-0.2, -0.15) is 0 Å². The van der Waals surface area contributed by atoms with E-state index >= 15 is 0 Å². The van der Waals surface area contributed by atoms with Gasteiger partial charge in [0.2, 0.25) is 0 Å². The number of rotatable bonds is 2. The van der Waals surface area contributed by atoms with Crippen LogP contribution < -0.4 is 15.1 Å². The molecule has 0 spiro atoms. The SMILES string of the molecule is CNc1ccc(N2C(=O)CN(C)c3ccccc32)cc1. The van der Waals surface area contributed by atoms with Crippen molar-refractivity contribution in [1.29, 1.82) is 0 Å². The molecule has 0 atom stereocenters. The van der Waals surface area contributed by atoms with E-state index < -0.39 is 0 Å². The Morgan fingerprint density at radius 1 is 1.00 bits per heavy atom. The van der Waals surface area contributed by atoms with Crippen LogP contribution in [0.1, 0.15) is 0 Å². The predicted octanol–water partition coefficient (Wildman–Crippen LogP) is 2.84. The molecule has 2 aromatic carbocycles. The Hall–Kier alpha value is -2.49. The molecule has 4 heteroatoms. The van der Waals surface area contributed by atoms with Crippen molar-refractivity contribution in [3.63, 3.8) is 0 Å². The molecule has 0 aliphatic carbocycles. The Morgan fingerprint density at radius 2 is 1.65 bits per heavy atom. The van der Waals surface area contributed by atoms with E-state index in [0.717, 1.165) is 22.7 Å². The highest BCUT2D eigenvalue weighted by molar-refractivity contribution is 6.08. The van der Waals surface area contributed by atoms with Gasteiger partial charge in [-0.3, -0.25) is 9.69 Å². The number of nitrogens with zero attached hydrogens (tertiary/aromatic N) is 2. The molecule has 0 saturated heterocycles. The number of fused-ring (bicyclic) bond motifs is 1. The second kappa shape index (κ2) is 4.89. The Morgan fingerprint density at radius 3 is 2.30 bits per heavy atom. The van der Waals surface area contributed by atoms with Crippen molar-refractivity contribution in [3.05, 3.63) is 48.5 Å². The zero-order chi connectivity index (χ0) is 14.1. The largest absolute Gasteiger partial charge is 0.388 e. The first-order valence-electron chi connectivity index (χ1n) is 6.61. The predicted molar refractivity (Wildman–Crippen MR) is 82.8 cm³/mol. The summed E-state index contributed by atoms with van der Waals surface area (Å²) in [7, 11) is 3.82. The van der Waals surface area contributed by atoms with E-state index in [1.54, 1.807) is 4.90 Å². The molecule has 1 amide bonds. The Kier molecular flexibility index (Phi) is 3.06. The van der Waals surface area contributed by atoms with Crippen molar-refractivity contribution < 1.29 is 4.79 Å². The summed E-state index contributed by atoms with van der Waals surface area (Å²) in [6.07, 6.45) is 0. The summed E-state index contributed by atoms with van der Waals surface area (Å²) in [4.78, 5) is 16.2. The molecule has 20 heavy (non-hydrogen) atoms. The van der Waals surface area contributed by atoms with Crippen LogP contribution in [0.4, 0.5) is 22.7 Å². The molecule has 0 saturated carbocycles. The summed E-state index contributed by atoms with van der Waals surface area (Å²) in [6, 6.07) is 15.9. The maximum Gasteiger partial charge on any atom is 0.251 e. The fourth-order valence-corrected chi connectivity index (χ4v) is 2.53. The molecule has 0 aromatic heterocycles. The van der Waals surface area contributed by atoms with E-state index in [0.29, 0.717) is 6.54 Å². The number of para-hydroxylation sites is 2. The van der Waals surface area contributed by atoms with Gasteiger partial charge in [-0.05, 0) is 36.4 Å². The number of hydrogen-bond donors (Lipinski definition) is 1. The number of benzene rings is 2. The van der Waals surface area contributed by atoms with Gasteiger partial charge in [-0.25, -0.2) is 0 Å². The highest BCUT2D eigenvalue weighted by Crippen LogP contribution is 2.37. The van der Waals surface area contributed by atoms with Crippen molar-refractivity contribution in [2.45, 2.75) is 0 Å². The summed E-state index contributed by atoms with van der Waals surface area (Å²) < 4.78 is 0. The average Bonchev–Trinajstić information content (AvgIpc) is 2.48. The van der Waals surface area contributed by atoms with E-state index in [1.807, 2.05) is 67.5 Å². The second-order valence-electron chi connectivity index (χ2n) is 4.87. The number of nitrogens with one attached hydrogen (secondary N) is 1. The van der Waals surface area contributed by atoms with Crippen LogP contribution in [0, 0.1) is 0 Å². The lowest BCUT2D eigenvalue weighted by Gasteiger charge is -2.35. The normalized spacial score (nSPS) is 14.2. The maximum absolute atomic E-state index is 12.4. The summed E-state index contributed by atoms with van der Waals surface area (Å²) in [5, 5.41) is 3.08. The highest BCUT2D eigenvalue weighted by Gasteiger charge is 2.27. The summed E-state index contributed by atoms with van der Waals surface area (Å²) >= 11 is 0. The fraction of sp³-hybridized carbons (Fsp3) is 0.188. The van der Waals surface area contributed by atoms with Gasteiger partial charge >= 0.3 is 0 Å². The van der Waals surface area contributed by atoms with Crippen LogP contribution >= 0.6 is 0 Å². The Bertz CT molecular complexity index is 636. The van der Waals surface area contributed by atoms with E-state index in [4.69, 9.17) is 0 Å². The zero-order valence-corrected chi connectivity index (χ0v) is 11.6. The minimum absolute atomic E-state index is 0.0865. The molecule has 1 aliphatic rings. The van der Waals surface area contributed by atoms with E-state index in [-0.39, 0.29) is 5.91 Å². The van der Waals surface area contributed by atoms with Gasteiger partial charge in [0.15, 0.2) is 0 Å². The first-order chi connectivity index (χ1) is 9.70. The third kappa shape index (κ3) is 1.99. The minimum Gasteiger partial charge on any atom is -0.388 e. The summed E-state index contributed by atoms with van der Waals surface area (Å²) in [5.41, 5.74) is 3.94. The molecular weight excluding hydrogens is 250 g/mol. The van der Waals surface area contributed by atoms with Crippen LogP contribution in [0.15, 0.2) is 48.5 Å². The van der Waals surface area contributed by atoms with Crippen LogP contribution in [-0.4, -0.2) is 26.5 Å². The molecule has 0 fully saturated rings. The quantitative estimate of drug-likeness (QED) is 0.908. The van der Waals surface area contributed by atoms with E-state index in [2.05, 4.69) is 5.32 Å². The minimum atomic E-state index is 0.0865. The molecule has 4 nitrogen and oxygen atoms in total. The van der Waals surface area contributed by atoms with Crippen molar-refractivity contribution in [1.82, 2.24) is 0 Å². The molecule has 102 valence electrons. The number of anilines is 4. The number of likely N-dealkylation sites (N-methyl/N-ethyl adjacent to an activating group) is 1. The number of amides is 1. The highest BCUT2D eigenvalue weighted by atomic mass is 16.2. The van der Waals surface area contributed by atoms with Gasteiger partial charge in [-0.15, -0.1) is 0 Å². The van der Waals surface area contributed by atoms with Crippen LogP contribution in [0.5, 0.6) is 0 Å². The first kappa shape index (κ1) is 12.5. The van der Waals surface area contributed by atoms with Gasteiger partial charge in [0.1, 0.15) is 0 Å².